The number of allylic oxidation sites excluding steroid dienone is 2. The molecule has 0 saturated carbocycles. The van der Waals surface area contributed by atoms with Gasteiger partial charge in [0.05, 0.1) is 0 Å². The van der Waals surface area contributed by atoms with Crippen LogP contribution in [0, 0.1) is 0 Å². The predicted molar refractivity (Wildman–Crippen MR) is 63.3 cm³/mol. The Bertz CT molecular complexity index is 312. The number of rotatable bonds is 5. The molecule has 2 N–H and O–H groups in total. The summed E-state index contributed by atoms with van der Waals surface area (Å²) >= 11 is 0.296. The summed E-state index contributed by atoms with van der Waals surface area (Å²) in [7, 11) is 0. The zero-order valence-corrected chi connectivity index (χ0v) is 10.5. The molecule has 0 bridgehead atoms. The molecular formula is C12H16O2Se. The molecule has 3 heteroatoms. The molecule has 0 radical (unpaired) electrons. The van der Waals surface area contributed by atoms with Gasteiger partial charge < -0.3 is 0 Å². The van der Waals surface area contributed by atoms with Gasteiger partial charge in [-0.05, 0) is 0 Å². The van der Waals surface area contributed by atoms with Gasteiger partial charge in [-0.25, -0.2) is 0 Å². The first-order valence-corrected chi connectivity index (χ1v) is 6.96. The first-order valence-electron chi connectivity index (χ1n) is 4.90. The van der Waals surface area contributed by atoms with Crippen LogP contribution in [0.4, 0.5) is 0 Å². The van der Waals surface area contributed by atoms with Crippen LogP contribution in [0.2, 0.25) is 5.32 Å². The van der Waals surface area contributed by atoms with Crippen molar-refractivity contribution in [1.82, 2.24) is 0 Å². The van der Waals surface area contributed by atoms with Crippen LogP contribution in [-0.4, -0.2) is 25.2 Å². The summed E-state index contributed by atoms with van der Waals surface area (Å²) in [5.74, 6) is 0. The fourth-order valence-electron chi connectivity index (χ4n) is 1.30. The molecule has 0 aliphatic carbocycles. The normalized spacial score (nSPS) is 11.1. The number of hydrogen-bond donors (Lipinski definition) is 2. The molecule has 1 aromatic rings. The second kappa shape index (κ2) is 6.80. The van der Waals surface area contributed by atoms with Crippen molar-refractivity contribution in [2.24, 2.45) is 0 Å². The minimum absolute atomic E-state index is 0.0563. The molecule has 0 amide bonds. The fraction of sp³-hybridized carbons (Fsp3) is 0.333. The molecule has 15 heavy (non-hydrogen) atoms. The zero-order chi connectivity index (χ0) is 11.1. The Morgan fingerprint density at radius 2 is 1.80 bits per heavy atom. The maximum absolute atomic E-state index is 9.21. The van der Waals surface area contributed by atoms with E-state index in [9.17, 15) is 10.2 Å². The zero-order valence-electron chi connectivity index (χ0n) is 8.81. The Labute approximate surface area is 96.8 Å². The van der Waals surface area contributed by atoms with Crippen molar-refractivity contribution in [2.75, 3.05) is 0 Å². The fourth-order valence-corrected chi connectivity index (χ4v) is 3.59. The van der Waals surface area contributed by atoms with Crippen molar-refractivity contribution in [3.05, 3.63) is 41.5 Å². The summed E-state index contributed by atoms with van der Waals surface area (Å²) < 4.78 is 1.15. The molecule has 0 fully saturated rings. The molecule has 1 aromatic carbocycles. The second-order valence-electron chi connectivity index (χ2n) is 3.10. The van der Waals surface area contributed by atoms with Gasteiger partial charge in [0.25, 0.3) is 0 Å². The van der Waals surface area contributed by atoms with Crippen LogP contribution in [0.15, 0.2) is 30.4 Å². The summed E-state index contributed by atoms with van der Waals surface area (Å²) in [6, 6.07) is 5.73. The van der Waals surface area contributed by atoms with E-state index in [0.29, 0.717) is 15.0 Å². The van der Waals surface area contributed by atoms with E-state index in [2.05, 4.69) is 6.08 Å². The Morgan fingerprint density at radius 1 is 1.20 bits per heavy atom. The average Bonchev–Trinajstić information content (AvgIpc) is 2.29. The third kappa shape index (κ3) is 3.47. The number of aliphatic hydroxyl groups excluding tert-OH is 2. The van der Waals surface area contributed by atoms with Crippen molar-refractivity contribution in [3.63, 3.8) is 0 Å². The van der Waals surface area contributed by atoms with Crippen molar-refractivity contribution < 1.29 is 10.2 Å². The molecule has 82 valence electrons. The molecule has 0 unspecified atom stereocenters. The van der Waals surface area contributed by atoms with Gasteiger partial charge in [0.15, 0.2) is 0 Å². The van der Waals surface area contributed by atoms with E-state index in [1.807, 2.05) is 31.2 Å². The third-order valence-corrected chi connectivity index (χ3v) is 4.54. The van der Waals surface area contributed by atoms with Crippen LogP contribution in [0.25, 0.3) is 0 Å². The molecule has 0 aromatic heterocycles. The molecule has 0 spiro atoms. The summed E-state index contributed by atoms with van der Waals surface area (Å²) in [5, 5.41) is 19.4. The Kier molecular flexibility index (Phi) is 5.66. The van der Waals surface area contributed by atoms with Crippen molar-refractivity contribution >= 4 is 19.4 Å². The van der Waals surface area contributed by atoms with Crippen LogP contribution in [0.3, 0.4) is 0 Å². The van der Waals surface area contributed by atoms with Gasteiger partial charge in [0.2, 0.25) is 0 Å². The van der Waals surface area contributed by atoms with Gasteiger partial charge >= 0.3 is 96.6 Å². The van der Waals surface area contributed by atoms with E-state index in [4.69, 9.17) is 0 Å². The number of hydrogen-bond acceptors (Lipinski definition) is 2. The molecule has 2 nitrogen and oxygen atoms in total. The second-order valence-corrected chi connectivity index (χ2v) is 5.26. The topological polar surface area (TPSA) is 40.5 Å². The monoisotopic (exact) mass is 272 g/mol. The van der Waals surface area contributed by atoms with Gasteiger partial charge in [0, 0.05) is 0 Å². The predicted octanol–water partition coefficient (Wildman–Crippen LogP) is 0.995. The van der Waals surface area contributed by atoms with Crippen LogP contribution >= 0.6 is 0 Å². The quantitative estimate of drug-likeness (QED) is 0.619. The first-order chi connectivity index (χ1) is 7.33. The van der Waals surface area contributed by atoms with Crippen LogP contribution in [0.1, 0.15) is 18.1 Å². The maximum atomic E-state index is 9.21. The molecule has 0 aliphatic rings. The Morgan fingerprint density at radius 3 is 2.27 bits per heavy atom. The van der Waals surface area contributed by atoms with Crippen molar-refractivity contribution in [2.45, 2.75) is 25.5 Å². The van der Waals surface area contributed by atoms with Crippen molar-refractivity contribution in [1.29, 1.82) is 0 Å². The summed E-state index contributed by atoms with van der Waals surface area (Å²) in [6.07, 6.45) is 4.15. The summed E-state index contributed by atoms with van der Waals surface area (Å²) in [6.45, 7) is 2.11. The Balaban J connectivity index is 2.89. The number of aliphatic hydroxyl groups is 2. The van der Waals surface area contributed by atoms with E-state index >= 15 is 0 Å². The van der Waals surface area contributed by atoms with E-state index in [0.717, 1.165) is 20.9 Å². The van der Waals surface area contributed by atoms with Gasteiger partial charge in [-0.3, -0.25) is 0 Å². The number of benzene rings is 1. The van der Waals surface area contributed by atoms with Crippen LogP contribution in [-0.2, 0) is 13.2 Å². The summed E-state index contributed by atoms with van der Waals surface area (Å²) in [4.78, 5) is 0. The molecular weight excluding hydrogens is 255 g/mol. The molecule has 0 heterocycles. The van der Waals surface area contributed by atoms with Gasteiger partial charge in [0.1, 0.15) is 0 Å². The Hall–Kier alpha value is -0.601. The SMILES string of the molecule is C/C=C/C[Se]c1c(CO)cccc1CO. The third-order valence-electron chi connectivity index (χ3n) is 2.08. The van der Waals surface area contributed by atoms with E-state index in [1.54, 1.807) is 0 Å². The molecule has 0 atom stereocenters. The molecule has 0 aliphatic heterocycles. The summed E-state index contributed by atoms with van der Waals surface area (Å²) in [5.41, 5.74) is 1.90. The van der Waals surface area contributed by atoms with Gasteiger partial charge in [-0.2, -0.15) is 0 Å². The van der Waals surface area contributed by atoms with Gasteiger partial charge in [-0.1, -0.05) is 0 Å². The standard InChI is InChI=1S/C12H16O2Se/c1-2-3-7-15-12-10(8-13)5-4-6-11(12)9-14/h2-6,13-14H,7-9H2,1H3/b3-2+. The first kappa shape index (κ1) is 12.5. The molecule has 0 saturated heterocycles. The average molecular weight is 271 g/mol. The molecule has 1 rings (SSSR count). The van der Waals surface area contributed by atoms with E-state index < -0.39 is 0 Å². The van der Waals surface area contributed by atoms with Crippen LogP contribution < -0.4 is 4.46 Å². The van der Waals surface area contributed by atoms with E-state index in [-0.39, 0.29) is 13.2 Å². The van der Waals surface area contributed by atoms with Crippen LogP contribution in [0.5, 0.6) is 0 Å². The minimum atomic E-state index is 0.0563. The van der Waals surface area contributed by atoms with E-state index in [1.165, 1.54) is 0 Å². The van der Waals surface area contributed by atoms with Gasteiger partial charge in [-0.15, -0.1) is 0 Å². The van der Waals surface area contributed by atoms with Crippen molar-refractivity contribution in [3.8, 4) is 0 Å².